The lowest BCUT2D eigenvalue weighted by atomic mass is 9.98. The summed E-state index contributed by atoms with van der Waals surface area (Å²) in [6.07, 6.45) is 9.16. The van der Waals surface area contributed by atoms with Crippen molar-refractivity contribution in [1.82, 2.24) is 19.7 Å². The minimum atomic E-state index is -0.00918. The molecule has 1 aliphatic rings. The number of aromatic nitrogens is 4. The Hall–Kier alpha value is -3.18. The monoisotopic (exact) mass is 366 g/mol. The molecule has 1 aliphatic carbocycles. The van der Waals surface area contributed by atoms with E-state index in [-0.39, 0.29) is 18.7 Å². The summed E-state index contributed by atoms with van der Waals surface area (Å²) in [6.45, 7) is -0.00918. The van der Waals surface area contributed by atoms with Crippen LogP contribution < -0.4 is 10.5 Å². The standard InChI is InChI=1S/C13H10N6O.C6H12O/c14-5-7-20-11-3-1-2-10-9(11)8-17-19(10)12-4-6-16-13(15)18-12;7-6-4-2-1-3-5-6/h1-4,6,8H,7H2,(H2,15,16,18);6-7H,1-5H2. The molecule has 1 fully saturated rings. The Balaban J connectivity index is 0.000000253. The van der Waals surface area contributed by atoms with Crippen LogP contribution in [0.2, 0.25) is 0 Å². The first kappa shape index (κ1) is 18.6. The second-order valence-electron chi connectivity index (χ2n) is 6.26. The molecule has 0 amide bonds. The van der Waals surface area contributed by atoms with Gasteiger partial charge < -0.3 is 15.6 Å². The highest BCUT2D eigenvalue weighted by Crippen LogP contribution is 2.26. The number of nitrogen functional groups attached to an aromatic ring is 1. The summed E-state index contributed by atoms with van der Waals surface area (Å²) in [7, 11) is 0. The van der Waals surface area contributed by atoms with Gasteiger partial charge in [0.2, 0.25) is 5.95 Å². The molecule has 4 rings (SSSR count). The molecule has 0 unspecified atom stereocenters. The van der Waals surface area contributed by atoms with Crippen molar-refractivity contribution in [2.75, 3.05) is 12.3 Å². The Labute approximate surface area is 157 Å². The summed E-state index contributed by atoms with van der Waals surface area (Å²) < 4.78 is 7.01. The van der Waals surface area contributed by atoms with E-state index in [0.29, 0.717) is 11.6 Å². The predicted octanol–water partition coefficient (Wildman–Crippen LogP) is 2.61. The molecule has 0 atom stereocenters. The number of anilines is 1. The van der Waals surface area contributed by atoms with Crippen LogP contribution in [0.3, 0.4) is 0 Å². The number of nitrogens with zero attached hydrogens (tertiary/aromatic N) is 5. The fourth-order valence-corrected chi connectivity index (χ4v) is 3.01. The molecule has 8 heteroatoms. The van der Waals surface area contributed by atoms with E-state index in [9.17, 15) is 0 Å². The third kappa shape index (κ3) is 4.71. The molecule has 0 aliphatic heterocycles. The lowest BCUT2D eigenvalue weighted by Gasteiger charge is -2.14. The largest absolute Gasteiger partial charge is 0.478 e. The van der Waals surface area contributed by atoms with Crippen LogP contribution in [-0.4, -0.2) is 37.6 Å². The highest BCUT2D eigenvalue weighted by molar-refractivity contribution is 5.86. The van der Waals surface area contributed by atoms with Crippen molar-refractivity contribution in [2.45, 2.75) is 38.2 Å². The fraction of sp³-hybridized carbons (Fsp3) is 0.368. The van der Waals surface area contributed by atoms with Gasteiger partial charge in [-0.15, -0.1) is 0 Å². The van der Waals surface area contributed by atoms with Gasteiger partial charge in [-0.3, -0.25) is 0 Å². The van der Waals surface area contributed by atoms with Crippen LogP contribution in [0.5, 0.6) is 5.75 Å². The van der Waals surface area contributed by atoms with E-state index >= 15 is 0 Å². The third-order valence-electron chi connectivity index (χ3n) is 4.32. The molecule has 0 saturated heterocycles. The minimum Gasteiger partial charge on any atom is -0.478 e. The topological polar surface area (TPSA) is 123 Å². The van der Waals surface area contributed by atoms with Gasteiger partial charge in [0.15, 0.2) is 12.4 Å². The van der Waals surface area contributed by atoms with Gasteiger partial charge in [0.05, 0.1) is 23.2 Å². The SMILES string of the molecule is N#CCOc1cccc2c1cnn2-c1ccnc(N)n1.OC1CCCCC1. The second kappa shape index (κ2) is 8.96. The molecule has 0 spiro atoms. The maximum atomic E-state index is 8.91. The van der Waals surface area contributed by atoms with Crippen molar-refractivity contribution in [3.8, 4) is 17.6 Å². The lowest BCUT2D eigenvalue weighted by Crippen LogP contribution is -2.09. The van der Waals surface area contributed by atoms with E-state index in [1.807, 2.05) is 18.2 Å². The van der Waals surface area contributed by atoms with E-state index in [1.54, 1.807) is 29.2 Å². The summed E-state index contributed by atoms with van der Waals surface area (Å²) >= 11 is 0. The Morgan fingerprint density at radius 1 is 1.26 bits per heavy atom. The average Bonchev–Trinajstić information content (AvgIpc) is 3.12. The number of aliphatic hydroxyl groups is 1. The van der Waals surface area contributed by atoms with Gasteiger partial charge in [-0.2, -0.15) is 15.3 Å². The van der Waals surface area contributed by atoms with Gasteiger partial charge in [-0.05, 0) is 25.0 Å². The number of rotatable bonds is 3. The molecule has 1 aromatic carbocycles. The summed E-state index contributed by atoms with van der Waals surface area (Å²) in [4.78, 5) is 7.98. The van der Waals surface area contributed by atoms with Crippen LogP contribution in [0.4, 0.5) is 5.95 Å². The van der Waals surface area contributed by atoms with E-state index in [4.69, 9.17) is 20.8 Å². The number of hydrogen-bond donors (Lipinski definition) is 2. The number of fused-ring (bicyclic) bond motifs is 1. The second-order valence-corrected chi connectivity index (χ2v) is 6.26. The van der Waals surface area contributed by atoms with E-state index in [1.165, 1.54) is 19.3 Å². The zero-order chi connectivity index (χ0) is 19.1. The molecule has 0 radical (unpaired) electrons. The Morgan fingerprint density at radius 2 is 2.07 bits per heavy atom. The highest BCUT2D eigenvalue weighted by Gasteiger charge is 2.10. The van der Waals surface area contributed by atoms with Gasteiger partial charge in [0.25, 0.3) is 0 Å². The van der Waals surface area contributed by atoms with Crippen LogP contribution >= 0.6 is 0 Å². The van der Waals surface area contributed by atoms with Crippen LogP contribution in [0.1, 0.15) is 32.1 Å². The number of benzene rings is 1. The van der Waals surface area contributed by atoms with Gasteiger partial charge in [-0.25, -0.2) is 9.67 Å². The van der Waals surface area contributed by atoms with Crippen LogP contribution in [0.15, 0.2) is 36.7 Å². The molecule has 8 nitrogen and oxygen atoms in total. The predicted molar refractivity (Wildman–Crippen MR) is 101 cm³/mol. The van der Waals surface area contributed by atoms with Gasteiger partial charge in [0, 0.05) is 12.3 Å². The van der Waals surface area contributed by atoms with Crippen molar-refractivity contribution in [2.24, 2.45) is 0 Å². The first-order valence-corrected chi connectivity index (χ1v) is 8.92. The van der Waals surface area contributed by atoms with E-state index in [2.05, 4.69) is 15.1 Å². The van der Waals surface area contributed by atoms with Gasteiger partial charge in [0.1, 0.15) is 11.8 Å². The maximum absolute atomic E-state index is 8.91. The zero-order valence-corrected chi connectivity index (χ0v) is 15.0. The van der Waals surface area contributed by atoms with Crippen molar-refractivity contribution in [1.29, 1.82) is 5.26 Å². The number of nitriles is 1. The third-order valence-corrected chi connectivity index (χ3v) is 4.32. The fourth-order valence-electron chi connectivity index (χ4n) is 3.01. The molecule has 1 saturated carbocycles. The van der Waals surface area contributed by atoms with Crippen molar-refractivity contribution >= 4 is 16.9 Å². The summed E-state index contributed by atoms with van der Waals surface area (Å²) in [5, 5.41) is 22.6. The van der Waals surface area contributed by atoms with E-state index < -0.39 is 0 Å². The Morgan fingerprint density at radius 3 is 2.74 bits per heavy atom. The maximum Gasteiger partial charge on any atom is 0.221 e. The quantitative estimate of drug-likeness (QED) is 0.730. The number of hydrogen-bond acceptors (Lipinski definition) is 7. The minimum absolute atomic E-state index is 0.00918. The molecule has 2 heterocycles. The van der Waals surface area contributed by atoms with Gasteiger partial charge in [-0.1, -0.05) is 25.3 Å². The Kier molecular flexibility index (Phi) is 6.18. The molecule has 2 aromatic heterocycles. The summed E-state index contributed by atoms with van der Waals surface area (Å²) in [5.41, 5.74) is 6.40. The first-order chi connectivity index (χ1) is 13.2. The summed E-state index contributed by atoms with van der Waals surface area (Å²) in [6, 6.07) is 9.17. The molecule has 0 bridgehead atoms. The van der Waals surface area contributed by atoms with Crippen molar-refractivity contribution < 1.29 is 9.84 Å². The average molecular weight is 366 g/mol. The van der Waals surface area contributed by atoms with Crippen molar-refractivity contribution in [3.63, 3.8) is 0 Å². The van der Waals surface area contributed by atoms with E-state index in [0.717, 1.165) is 23.7 Å². The van der Waals surface area contributed by atoms with Crippen molar-refractivity contribution in [3.05, 3.63) is 36.7 Å². The smallest absolute Gasteiger partial charge is 0.221 e. The summed E-state index contributed by atoms with van der Waals surface area (Å²) in [5.74, 6) is 1.37. The van der Waals surface area contributed by atoms with Crippen LogP contribution in [-0.2, 0) is 0 Å². The normalized spacial score (nSPS) is 14.2. The Bertz CT molecular complexity index is 927. The molecular weight excluding hydrogens is 344 g/mol. The highest BCUT2D eigenvalue weighted by atomic mass is 16.5. The van der Waals surface area contributed by atoms with Gasteiger partial charge >= 0.3 is 0 Å². The number of aliphatic hydroxyl groups excluding tert-OH is 1. The van der Waals surface area contributed by atoms with Crippen LogP contribution in [0, 0.1) is 11.3 Å². The molecular formula is C19H22N6O2. The number of ether oxygens (including phenoxy) is 1. The number of nitrogens with two attached hydrogens (primary N) is 1. The molecule has 3 N–H and O–H groups in total. The molecule has 140 valence electrons. The zero-order valence-electron chi connectivity index (χ0n) is 15.0. The molecule has 27 heavy (non-hydrogen) atoms. The van der Waals surface area contributed by atoms with Crippen LogP contribution in [0.25, 0.3) is 16.7 Å². The molecule has 3 aromatic rings. The lowest BCUT2D eigenvalue weighted by molar-refractivity contribution is 0.130. The first-order valence-electron chi connectivity index (χ1n) is 8.92.